The van der Waals surface area contributed by atoms with E-state index in [2.05, 4.69) is 34.3 Å². The number of amides is 2. The van der Waals surface area contributed by atoms with Gasteiger partial charge in [-0.05, 0) is 66.7 Å². The molecule has 3 aromatic carbocycles. The molecule has 2 aromatic heterocycles. The number of rotatable bonds is 4. The number of hydrogen-bond donors (Lipinski definition) is 3. The minimum absolute atomic E-state index is 0.245. The van der Waals surface area contributed by atoms with Gasteiger partial charge in [0.25, 0.3) is 11.8 Å². The molecule has 0 bridgehead atoms. The third-order valence-corrected chi connectivity index (χ3v) is 5.47. The lowest BCUT2D eigenvalue weighted by atomic mass is 10.1. The van der Waals surface area contributed by atoms with Gasteiger partial charge >= 0.3 is 0 Å². The maximum Gasteiger partial charge on any atom is 0.255 e. The minimum Gasteiger partial charge on any atom is -0.471 e. The summed E-state index contributed by atoms with van der Waals surface area (Å²) in [5, 5.41) is 5.67. The molecule has 4 N–H and O–H groups in total. The summed E-state index contributed by atoms with van der Waals surface area (Å²) in [5.41, 5.74) is 10.9. The van der Waals surface area contributed by atoms with Crippen molar-refractivity contribution in [2.45, 2.75) is 0 Å². The predicted octanol–water partition coefficient (Wildman–Crippen LogP) is 5.76. The monoisotopic (exact) mass is 511 g/mol. The van der Waals surface area contributed by atoms with Crippen LogP contribution in [0.25, 0.3) is 0 Å². The molecule has 7 nitrogen and oxygen atoms in total. The second kappa shape index (κ2) is 11.4. The summed E-state index contributed by atoms with van der Waals surface area (Å²) in [7, 11) is 0. The van der Waals surface area contributed by atoms with E-state index in [1.54, 1.807) is 73.6 Å². The summed E-state index contributed by atoms with van der Waals surface area (Å²) in [6.45, 7) is 0. The van der Waals surface area contributed by atoms with Crippen molar-refractivity contribution in [3.63, 3.8) is 0 Å². The standard InChI is InChI=1S/C32H21N3O4/c33-28-18-26(31(36)34-29-5-1-3-22(15-29)7-9-24-11-13-38-20-24)17-27(19-28)32(37)35-30-6-2-4-23(16-30)8-10-25-12-14-39-21-25/h1-6,11-21H,33H2,(H,34,36)(H,35,37). The van der Waals surface area contributed by atoms with E-state index in [4.69, 9.17) is 14.6 Å². The summed E-state index contributed by atoms with van der Waals surface area (Å²) < 4.78 is 10.0. The number of furan rings is 2. The molecule has 7 heteroatoms. The lowest BCUT2D eigenvalue weighted by molar-refractivity contribution is 0.102. The molecule has 2 amide bonds. The van der Waals surface area contributed by atoms with Gasteiger partial charge in [-0.25, -0.2) is 0 Å². The topological polar surface area (TPSA) is 111 Å². The average molecular weight is 512 g/mol. The van der Waals surface area contributed by atoms with Gasteiger partial charge in [-0.3, -0.25) is 9.59 Å². The molecule has 2 heterocycles. The minimum atomic E-state index is -0.409. The van der Waals surface area contributed by atoms with Crippen LogP contribution in [0.15, 0.2) is 113 Å². The molecule has 0 aliphatic carbocycles. The molecule has 0 spiro atoms. The van der Waals surface area contributed by atoms with E-state index in [0.29, 0.717) is 11.4 Å². The molecule has 0 radical (unpaired) electrons. The summed E-state index contributed by atoms with van der Waals surface area (Å²) in [6, 6.07) is 22.3. The third kappa shape index (κ3) is 6.65. The average Bonchev–Trinajstić information content (AvgIpc) is 3.66. The molecule has 0 unspecified atom stereocenters. The molecule has 5 aromatic rings. The molecule has 0 atom stereocenters. The smallest absolute Gasteiger partial charge is 0.255 e. The first-order chi connectivity index (χ1) is 19.0. The Bertz CT molecular complexity index is 1640. The number of benzene rings is 3. The van der Waals surface area contributed by atoms with E-state index in [1.165, 1.54) is 18.2 Å². The maximum atomic E-state index is 13.0. The van der Waals surface area contributed by atoms with Crippen LogP contribution in [0.2, 0.25) is 0 Å². The molecule has 188 valence electrons. The fourth-order valence-electron chi connectivity index (χ4n) is 3.63. The van der Waals surface area contributed by atoms with Gasteiger partial charge < -0.3 is 25.2 Å². The number of nitrogen functional groups attached to an aromatic ring is 1. The van der Waals surface area contributed by atoms with Crippen molar-refractivity contribution in [1.82, 2.24) is 0 Å². The second-order valence-corrected chi connectivity index (χ2v) is 8.44. The number of nitrogens with one attached hydrogen (secondary N) is 2. The van der Waals surface area contributed by atoms with Crippen LogP contribution < -0.4 is 16.4 Å². The summed E-state index contributed by atoms with van der Waals surface area (Å²) in [4.78, 5) is 26.0. The zero-order chi connectivity index (χ0) is 27.0. The SMILES string of the molecule is Nc1cc(C(=O)Nc2cccc(C#Cc3ccoc3)c2)cc(C(=O)Nc2cccc(C#Cc3ccoc3)c2)c1. The first-order valence-corrected chi connectivity index (χ1v) is 11.8. The quantitative estimate of drug-likeness (QED) is 0.210. The molecule has 0 aliphatic rings. The molecule has 0 saturated heterocycles. The zero-order valence-corrected chi connectivity index (χ0v) is 20.5. The fourth-order valence-corrected chi connectivity index (χ4v) is 3.63. The highest BCUT2D eigenvalue weighted by molar-refractivity contribution is 6.09. The largest absolute Gasteiger partial charge is 0.471 e. The number of carbonyl (C=O) groups is 2. The van der Waals surface area contributed by atoms with Gasteiger partial charge in [-0.1, -0.05) is 35.8 Å². The van der Waals surface area contributed by atoms with Crippen molar-refractivity contribution in [2.75, 3.05) is 16.4 Å². The molecular formula is C32H21N3O4. The van der Waals surface area contributed by atoms with E-state index in [1.807, 2.05) is 12.1 Å². The van der Waals surface area contributed by atoms with E-state index < -0.39 is 11.8 Å². The van der Waals surface area contributed by atoms with Crippen LogP contribution in [-0.2, 0) is 0 Å². The molecule has 0 saturated carbocycles. The zero-order valence-electron chi connectivity index (χ0n) is 20.5. The van der Waals surface area contributed by atoms with Crippen LogP contribution in [0.3, 0.4) is 0 Å². The normalized spacial score (nSPS) is 9.95. The van der Waals surface area contributed by atoms with Crippen LogP contribution in [0, 0.1) is 23.7 Å². The number of anilines is 3. The Hall–Kier alpha value is -5.92. The summed E-state index contributed by atoms with van der Waals surface area (Å²) in [6.07, 6.45) is 6.22. The van der Waals surface area contributed by atoms with E-state index >= 15 is 0 Å². The summed E-state index contributed by atoms with van der Waals surface area (Å²) in [5.74, 6) is 11.2. The summed E-state index contributed by atoms with van der Waals surface area (Å²) >= 11 is 0. The van der Waals surface area contributed by atoms with Gasteiger partial charge in [0.05, 0.1) is 23.7 Å². The fraction of sp³-hybridized carbons (Fsp3) is 0. The van der Waals surface area contributed by atoms with Gasteiger partial charge in [0.2, 0.25) is 0 Å². The van der Waals surface area contributed by atoms with E-state index in [9.17, 15) is 9.59 Å². The highest BCUT2D eigenvalue weighted by Gasteiger charge is 2.13. The lowest BCUT2D eigenvalue weighted by Gasteiger charge is -2.10. The van der Waals surface area contributed by atoms with Gasteiger partial charge in [0.1, 0.15) is 12.5 Å². The Morgan fingerprint density at radius 2 is 1.05 bits per heavy atom. The van der Waals surface area contributed by atoms with Crippen LogP contribution in [0.5, 0.6) is 0 Å². The number of carbonyl (C=O) groups excluding carboxylic acids is 2. The molecule has 39 heavy (non-hydrogen) atoms. The predicted molar refractivity (Wildman–Crippen MR) is 149 cm³/mol. The van der Waals surface area contributed by atoms with E-state index in [0.717, 1.165) is 22.3 Å². The van der Waals surface area contributed by atoms with Crippen LogP contribution in [0.1, 0.15) is 43.0 Å². The first-order valence-electron chi connectivity index (χ1n) is 11.8. The van der Waals surface area contributed by atoms with Gasteiger partial charge in [0.15, 0.2) is 0 Å². The maximum absolute atomic E-state index is 13.0. The highest BCUT2D eigenvalue weighted by atomic mass is 16.3. The van der Waals surface area contributed by atoms with Crippen LogP contribution >= 0.6 is 0 Å². The second-order valence-electron chi connectivity index (χ2n) is 8.44. The van der Waals surface area contributed by atoms with Gasteiger partial charge in [-0.15, -0.1) is 0 Å². The Labute approximate surface area is 224 Å². The Morgan fingerprint density at radius 1 is 0.590 bits per heavy atom. The van der Waals surface area contributed by atoms with E-state index in [-0.39, 0.29) is 16.8 Å². The Balaban J connectivity index is 1.29. The van der Waals surface area contributed by atoms with Crippen LogP contribution in [0.4, 0.5) is 17.1 Å². The third-order valence-electron chi connectivity index (χ3n) is 5.47. The first kappa shape index (κ1) is 24.8. The highest BCUT2D eigenvalue weighted by Crippen LogP contribution is 2.18. The molecular weight excluding hydrogens is 490 g/mol. The van der Waals surface area contributed by atoms with Gasteiger partial charge in [0, 0.05) is 39.3 Å². The van der Waals surface area contributed by atoms with Crippen molar-refractivity contribution in [3.05, 3.63) is 137 Å². The number of hydrogen-bond acceptors (Lipinski definition) is 5. The van der Waals surface area contributed by atoms with Crippen molar-refractivity contribution >= 4 is 28.9 Å². The Morgan fingerprint density at radius 3 is 1.49 bits per heavy atom. The molecule has 5 rings (SSSR count). The van der Waals surface area contributed by atoms with Gasteiger partial charge in [-0.2, -0.15) is 0 Å². The lowest BCUT2D eigenvalue weighted by Crippen LogP contribution is -2.16. The molecule has 0 fully saturated rings. The van der Waals surface area contributed by atoms with Crippen LogP contribution in [-0.4, -0.2) is 11.8 Å². The molecule has 0 aliphatic heterocycles. The van der Waals surface area contributed by atoms with Crippen molar-refractivity contribution < 1.29 is 18.4 Å². The number of nitrogens with two attached hydrogens (primary N) is 1. The van der Waals surface area contributed by atoms with Crippen molar-refractivity contribution in [3.8, 4) is 23.7 Å². The Kier molecular flexibility index (Phi) is 7.25. The van der Waals surface area contributed by atoms with Crippen molar-refractivity contribution in [1.29, 1.82) is 0 Å². The van der Waals surface area contributed by atoms with Crippen molar-refractivity contribution in [2.24, 2.45) is 0 Å².